The van der Waals surface area contributed by atoms with Crippen LogP contribution in [-0.4, -0.2) is 46.1 Å². The highest BCUT2D eigenvalue weighted by atomic mass is 15.0. The van der Waals surface area contributed by atoms with Crippen LogP contribution in [-0.2, 0) is 0 Å². The van der Waals surface area contributed by atoms with E-state index in [1.54, 1.807) is 0 Å². The highest BCUT2D eigenvalue weighted by Gasteiger charge is 2.49. The van der Waals surface area contributed by atoms with Crippen LogP contribution >= 0.6 is 0 Å². The highest BCUT2D eigenvalue weighted by Crippen LogP contribution is 2.58. The van der Waals surface area contributed by atoms with Crippen LogP contribution in [0, 0.1) is 45.3 Å². The molecule has 4 aromatic rings. The zero-order valence-corrected chi connectivity index (χ0v) is 36.3. The van der Waals surface area contributed by atoms with Gasteiger partial charge < -0.3 is 21.3 Å². The van der Waals surface area contributed by atoms with Gasteiger partial charge in [0.15, 0.2) is 0 Å². The summed E-state index contributed by atoms with van der Waals surface area (Å²) in [5.41, 5.74) is 4.86. The summed E-state index contributed by atoms with van der Waals surface area (Å²) in [5.74, 6) is 6.25. The third kappa shape index (κ3) is 10.5. The van der Waals surface area contributed by atoms with E-state index < -0.39 is 0 Å². The number of nitrogens with zero attached hydrogens (tertiary/aromatic N) is 4. The van der Waals surface area contributed by atoms with Crippen LogP contribution in [0.1, 0.15) is 128 Å². The molecule has 4 heterocycles. The maximum absolute atomic E-state index is 4.30. The van der Waals surface area contributed by atoms with E-state index in [0.29, 0.717) is 21.7 Å². The van der Waals surface area contributed by atoms with Crippen molar-refractivity contribution in [1.29, 1.82) is 0 Å². The summed E-state index contributed by atoms with van der Waals surface area (Å²) in [4.78, 5) is 16.8. The molecule has 16 rings (SSSR count). The number of rotatable bonds is 12. The number of anilines is 4. The fraction of sp³-hybridized carbons (Fsp3) is 0.615. The molecule has 0 spiro atoms. The van der Waals surface area contributed by atoms with Crippen molar-refractivity contribution in [3.05, 3.63) is 97.8 Å². The average Bonchev–Trinajstić information content (AvgIpc) is 3.28. The lowest BCUT2D eigenvalue weighted by atomic mass is 9.54. The van der Waals surface area contributed by atoms with E-state index in [4.69, 9.17) is 0 Å². The minimum atomic E-state index is 0.625. The van der Waals surface area contributed by atoms with Gasteiger partial charge in [-0.25, -0.2) is 9.97 Å². The largest absolute Gasteiger partial charge is 0.383 e. The van der Waals surface area contributed by atoms with Crippen molar-refractivity contribution in [2.75, 3.05) is 47.4 Å². The third-order valence-corrected chi connectivity index (χ3v) is 16.3. The van der Waals surface area contributed by atoms with Gasteiger partial charge in [0, 0.05) is 63.4 Å². The Kier molecular flexibility index (Phi) is 12.9. The minimum absolute atomic E-state index is 0.625. The Hall–Kier alpha value is -4.20. The maximum Gasteiger partial charge on any atom is 0.125 e. The molecule has 60 heavy (non-hydrogen) atoms. The molecule has 4 aromatic heterocycles. The van der Waals surface area contributed by atoms with Gasteiger partial charge in [-0.15, -0.1) is 0 Å². The van der Waals surface area contributed by atoms with Gasteiger partial charge in [0.25, 0.3) is 0 Å². The third-order valence-electron chi connectivity index (χ3n) is 16.3. The molecule has 8 nitrogen and oxygen atoms in total. The summed E-state index contributed by atoms with van der Waals surface area (Å²) in [5, 5.41) is 14.0. The van der Waals surface area contributed by atoms with Crippen LogP contribution in [0.2, 0.25) is 0 Å². The monoisotopic (exact) mass is 809 g/mol. The highest BCUT2D eigenvalue weighted by molar-refractivity contribution is 5.41. The topological polar surface area (TPSA) is 99.7 Å². The Labute approximate surface area is 360 Å². The summed E-state index contributed by atoms with van der Waals surface area (Å²) >= 11 is 0. The van der Waals surface area contributed by atoms with E-state index in [2.05, 4.69) is 65.5 Å². The van der Waals surface area contributed by atoms with Gasteiger partial charge >= 0.3 is 0 Å². The molecular weight excluding hydrogens is 737 g/mol. The Balaban J connectivity index is 0.000000103. The van der Waals surface area contributed by atoms with Gasteiger partial charge in [-0.2, -0.15) is 0 Å². The Morgan fingerprint density at radius 1 is 0.400 bits per heavy atom. The first kappa shape index (κ1) is 41.2. The molecular formula is C52H72N8. The second kappa shape index (κ2) is 18.8. The first-order valence-corrected chi connectivity index (χ1v) is 24.0. The molecule has 0 atom stereocenters. The minimum Gasteiger partial charge on any atom is -0.383 e. The molecule has 8 heteroatoms. The summed E-state index contributed by atoms with van der Waals surface area (Å²) < 4.78 is 0. The zero-order valence-electron chi connectivity index (χ0n) is 36.3. The van der Waals surface area contributed by atoms with Crippen molar-refractivity contribution in [1.82, 2.24) is 19.9 Å². The van der Waals surface area contributed by atoms with Gasteiger partial charge in [0.05, 0.1) is 11.4 Å². The molecule has 12 fully saturated rings. The quantitative estimate of drug-likeness (QED) is 0.112. The first-order valence-electron chi connectivity index (χ1n) is 24.0. The van der Waals surface area contributed by atoms with E-state index in [0.717, 1.165) is 61.5 Å². The van der Waals surface area contributed by atoms with Gasteiger partial charge in [-0.05, 0) is 171 Å². The van der Waals surface area contributed by atoms with Crippen LogP contribution in [0.3, 0.4) is 0 Å². The second-order valence-electron chi connectivity index (χ2n) is 21.0. The van der Waals surface area contributed by atoms with E-state index in [1.165, 1.54) is 140 Å². The summed E-state index contributed by atoms with van der Waals surface area (Å²) in [6, 6.07) is 20.3. The van der Waals surface area contributed by atoms with Crippen LogP contribution in [0.15, 0.2) is 97.8 Å². The molecule has 0 aliphatic heterocycles. The second-order valence-corrected chi connectivity index (χ2v) is 21.0. The predicted molar refractivity (Wildman–Crippen MR) is 247 cm³/mol. The van der Waals surface area contributed by atoms with E-state index in [9.17, 15) is 0 Å². The zero-order chi connectivity index (χ0) is 40.6. The smallest absolute Gasteiger partial charge is 0.125 e. The molecule has 0 amide bonds. The van der Waals surface area contributed by atoms with Crippen LogP contribution in [0.25, 0.3) is 0 Å². The van der Waals surface area contributed by atoms with Crippen molar-refractivity contribution in [2.24, 2.45) is 45.3 Å². The lowest BCUT2D eigenvalue weighted by Gasteiger charge is -2.52. The number of hydrogen-bond acceptors (Lipinski definition) is 8. The molecule has 0 aromatic carbocycles. The molecule has 0 radical (unpaired) electrons. The maximum atomic E-state index is 4.30. The number of nitrogens with one attached hydrogen (secondary N) is 4. The molecule has 12 saturated carbocycles. The molecule has 320 valence electrons. The molecule has 12 aliphatic rings. The molecule has 12 aliphatic carbocycles. The number of aromatic nitrogens is 4. The average molecular weight is 809 g/mol. The van der Waals surface area contributed by atoms with Crippen LogP contribution in [0.5, 0.6) is 0 Å². The van der Waals surface area contributed by atoms with Gasteiger partial charge in [0.2, 0.25) is 0 Å². The van der Waals surface area contributed by atoms with Gasteiger partial charge in [-0.1, -0.05) is 63.5 Å². The number of pyridine rings is 4. The molecule has 0 saturated heterocycles. The standard InChI is InChI=1S/4C13H18N2/c2*1-3-11-7-13(5-1,8-11)10-15-12-4-2-6-14-9-12;2*1-2-7-14-12(5-1)15-10-13-6-3-4-11(8-13)9-13/h2*2,4,6,9,11,15H,1,3,5,7-8,10H2;2*1-2,5,7,11H,3-4,6,8-10H2,(H,14,15). The summed E-state index contributed by atoms with van der Waals surface area (Å²) in [6.45, 7) is 4.55. The molecule has 4 N–H and O–H groups in total. The first-order chi connectivity index (χ1) is 29.5. The Morgan fingerprint density at radius 3 is 1.02 bits per heavy atom. The van der Waals surface area contributed by atoms with E-state index in [-0.39, 0.29) is 0 Å². The van der Waals surface area contributed by atoms with E-state index >= 15 is 0 Å². The van der Waals surface area contributed by atoms with E-state index in [1.807, 2.05) is 73.6 Å². The normalized spacial score (nSPS) is 33.2. The van der Waals surface area contributed by atoms with Gasteiger partial charge in [0.1, 0.15) is 11.6 Å². The van der Waals surface area contributed by atoms with Crippen molar-refractivity contribution in [2.45, 2.75) is 128 Å². The Morgan fingerprint density at radius 2 is 0.750 bits per heavy atom. The predicted octanol–water partition coefficient (Wildman–Crippen LogP) is 12.3. The fourth-order valence-electron chi connectivity index (χ4n) is 13.3. The fourth-order valence-corrected chi connectivity index (χ4v) is 13.3. The SMILES string of the molecule is c1ccc(NCC23CCCC(C2)C3)nc1.c1ccc(NCC23CCCC(C2)C3)nc1.c1cncc(NCC23CCCC(C2)C3)c1.c1cncc(NCC23CCCC(C2)C3)c1. The Bertz CT molecular complexity index is 1570. The molecule has 8 bridgehead atoms. The van der Waals surface area contributed by atoms with Gasteiger partial charge in [-0.3, -0.25) is 9.97 Å². The lowest BCUT2D eigenvalue weighted by molar-refractivity contribution is 0.00786. The summed E-state index contributed by atoms with van der Waals surface area (Å²) in [7, 11) is 0. The van der Waals surface area contributed by atoms with Crippen LogP contribution in [0.4, 0.5) is 23.0 Å². The van der Waals surface area contributed by atoms with Crippen molar-refractivity contribution in [3.8, 4) is 0 Å². The van der Waals surface area contributed by atoms with Crippen molar-refractivity contribution < 1.29 is 0 Å². The lowest BCUT2D eigenvalue weighted by Crippen LogP contribution is -2.45. The molecule has 0 unspecified atom stereocenters. The number of fused-ring (bicyclic) bond motifs is 8. The van der Waals surface area contributed by atoms with Crippen molar-refractivity contribution >= 4 is 23.0 Å². The summed E-state index contributed by atoms with van der Waals surface area (Å²) in [6.07, 6.45) is 40.2. The van der Waals surface area contributed by atoms with Crippen molar-refractivity contribution in [3.63, 3.8) is 0 Å². The van der Waals surface area contributed by atoms with Crippen LogP contribution < -0.4 is 21.3 Å². The number of hydrogen-bond donors (Lipinski definition) is 4.